The van der Waals surface area contributed by atoms with Gasteiger partial charge in [0, 0.05) is 17.7 Å². The van der Waals surface area contributed by atoms with Crippen LogP contribution in [0.2, 0.25) is 0 Å². The number of carbonyl (C=O) groups excluding carboxylic acids is 1. The van der Waals surface area contributed by atoms with Crippen molar-refractivity contribution in [2.75, 3.05) is 26.9 Å². The first-order chi connectivity index (χ1) is 16.1. The van der Waals surface area contributed by atoms with Crippen molar-refractivity contribution in [2.45, 2.75) is 32.2 Å². The SMILES string of the molecule is CCCCCOc1ccc(C2c3c(-c4ccccc4O)n[nH]c3C(=O)N2CCO)cc1OC. The zero-order valence-corrected chi connectivity index (χ0v) is 18.9. The quantitative estimate of drug-likeness (QED) is 0.404. The number of aromatic nitrogens is 2. The first-order valence-electron chi connectivity index (χ1n) is 11.2. The van der Waals surface area contributed by atoms with Crippen LogP contribution in [-0.2, 0) is 0 Å². The van der Waals surface area contributed by atoms with Crippen LogP contribution >= 0.6 is 0 Å². The maximum Gasteiger partial charge on any atom is 0.273 e. The van der Waals surface area contributed by atoms with Gasteiger partial charge in [-0.3, -0.25) is 9.89 Å². The third kappa shape index (κ3) is 4.26. The summed E-state index contributed by atoms with van der Waals surface area (Å²) in [6, 6.07) is 12.0. The largest absolute Gasteiger partial charge is 0.507 e. The minimum Gasteiger partial charge on any atom is -0.507 e. The number of ether oxygens (including phenoxy) is 2. The first-order valence-corrected chi connectivity index (χ1v) is 11.2. The number of phenols is 1. The molecule has 3 aromatic rings. The van der Waals surface area contributed by atoms with Crippen molar-refractivity contribution in [3.63, 3.8) is 0 Å². The van der Waals surface area contributed by atoms with E-state index in [0.717, 1.165) is 24.8 Å². The Bertz CT molecular complexity index is 1130. The van der Waals surface area contributed by atoms with E-state index in [1.54, 1.807) is 36.3 Å². The number of benzene rings is 2. The number of amides is 1. The van der Waals surface area contributed by atoms with E-state index in [4.69, 9.17) is 9.47 Å². The maximum atomic E-state index is 13.1. The highest BCUT2D eigenvalue weighted by atomic mass is 16.5. The van der Waals surface area contributed by atoms with Crippen LogP contribution in [0.3, 0.4) is 0 Å². The second-order valence-electron chi connectivity index (χ2n) is 7.97. The van der Waals surface area contributed by atoms with E-state index >= 15 is 0 Å². The molecule has 1 amide bonds. The lowest BCUT2D eigenvalue weighted by atomic mass is 9.95. The van der Waals surface area contributed by atoms with Gasteiger partial charge in [0.25, 0.3) is 5.91 Å². The van der Waals surface area contributed by atoms with Crippen LogP contribution in [0.15, 0.2) is 42.5 Å². The second kappa shape index (κ2) is 9.95. The van der Waals surface area contributed by atoms with Gasteiger partial charge in [-0.05, 0) is 36.2 Å². The number of rotatable bonds is 10. The number of methoxy groups -OCH3 is 1. The molecule has 2 heterocycles. The van der Waals surface area contributed by atoms with E-state index in [9.17, 15) is 15.0 Å². The van der Waals surface area contributed by atoms with E-state index in [1.807, 2.05) is 18.2 Å². The van der Waals surface area contributed by atoms with Gasteiger partial charge in [-0.25, -0.2) is 0 Å². The number of phenolic OH excluding ortho intramolecular Hbond substituents is 1. The molecule has 1 unspecified atom stereocenters. The van der Waals surface area contributed by atoms with Crippen LogP contribution in [0.5, 0.6) is 17.2 Å². The van der Waals surface area contributed by atoms with Gasteiger partial charge in [0.2, 0.25) is 0 Å². The molecule has 0 fully saturated rings. The van der Waals surface area contributed by atoms with E-state index in [1.165, 1.54) is 0 Å². The minimum absolute atomic E-state index is 0.0759. The van der Waals surface area contributed by atoms with Crippen molar-refractivity contribution in [2.24, 2.45) is 0 Å². The Kier molecular flexibility index (Phi) is 6.84. The highest BCUT2D eigenvalue weighted by Crippen LogP contribution is 2.45. The summed E-state index contributed by atoms with van der Waals surface area (Å²) in [4.78, 5) is 14.7. The van der Waals surface area contributed by atoms with Crippen LogP contribution < -0.4 is 9.47 Å². The lowest BCUT2D eigenvalue weighted by molar-refractivity contribution is 0.0706. The van der Waals surface area contributed by atoms with Crippen LogP contribution in [-0.4, -0.2) is 58.1 Å². The van der Waals surface area contributed by atoms with Gasteiger partial charge in [0.1, 0.15) is 17.1 Å². The molecule has 0 saturated heterocycles. The van der Waals surface area contributed by atoms with Crippen molar-refractivity contribution in [1.82, 2.24) is 15.1 Å². The van der Waals surface area contributed by atoms with E-state index in [0.29, 0.717) is 40.6 Å². The van der Waals surface area contributed by atoms with Crippen molar-refractivity contribution in [1.29, 1.82) is 0 Å². The standard InChI is InChI=1S/C25H29N3O5/c1-3-4-7-14-33-19-11-10-16(15-20(19)32-2)24-21-22(17-8-5-6-9-18(17)30)26-27-23(21)25(31)28(24)12-13-29/h5-6,8-11,15,24,29-30H,3-4,7,12-14H2,1-2H3,(H,26,27). The predicted molar refractivity (Wildman–Crippen MR) is 124 cm³/mol. The van der Waals surface area contributed by atoms with Gasteiger partial charge in [-0.15, -0.1) is 0 Å². The molecule has 2 aromatic carbocycles. The summed E-state index contributed by atoms with van der Waals surface area (Å²) >= 11 is 0. The number of aromatic amines is 1. The fraction of sp³-hybridized carbons (Fsp3) is 0.360. The van der Waals surface area contributed by atoms with Gasteiger partial charge in [-0.1, -0.05) is 38.0 Å². The lowest BCUT2D eigenvalue weighted by Crippen LogP contribution is -2.32. The zero-order valence-electron chi connectivity index (χ0n) is 18.9. The van der Waals surface area contributed by atoms with Crippen LogP contribution in [0.1, 0.15) is 53.8 Å². The molecule has 8 nitrogen and oxygen atoms in total. The van der Waals surface area contributed by atoms with E-state index in [-0.39, 0.29) is 24.8 Å². The van der Waals surface area contributed by atoms with Crippen LogP contribution in [0.4, 0.5) is 0 Å². The Morgan fingerprint density at radius 3 is 2.70 bits per heavy atom. The summed E-state index contributed by atoms with van der Waals surface area (Å²) in [5.74, 6) is 1.04. The summed E-state index contributed by atoms with van der Waals surface area (Å²) in [7, 11) is 1.58. The molecule has 0 radical (unpaired) electrons. The number of aromatic hydroxyl groups is 1. The fourth-order valence-corrected chi connectivity index (χ4v) is 4.27. The summed E-state index contributed by atoms with van der Waals surface area (Å²) in [6.07, 6.45) is 3.17. The highest BCUT2D eigenvalue weighted by molar-refractivity contribution is 6.00. The number of carbonyl (C=O) groups is 1. The van der Waals surface area contributed by atoms with Crippen molar-refractivity contribution < 1.29 is 24.5 Å². The molecule has 1 aromatic heterocycles. The Labute approximate surface area is 192 Å². The summed E-state index contributed by atoms with van der Waals surface area (Å²) < 4.78 is 11.5. The van der Waals surface area contributed by atoms with Gasteiger partial charge in [0.15, 0.2) is 11.5 Å². The number of hydrogen-bond acceptors (Lipinski definition) is 6. The molecule has 1 aliphatic heterocycles. The number of β-amino-alcohol motifs (C(OH)–C–C–N with tert-alkyl or cyclic N) is 1. The van der Waals surface area contributed by atoms with Gasteiger partial charge in [-0.2, -0.15) is 5.10 Å². The molecular weight excluding hydrogens is 422 g/mol. The zero-order chi connectivity index (χ0) is 23.4. The third-order valence-electron chi connectivity index (χ3n) is 5.87. The first kappa shape index (κ1) is 22.7. The number of aliphatic hydroxyl groups is 1. The smallest absolute Gasteiger partial charge is 0.273 e. The molecule has 8 heteroatoms. The van der Waals surface area contributed by atoms with Gasteiger partial charge in [0.05, 0.1) is 26.4 Å². The Hall–Kier alpha value is -3.52. The maximum absolute atomic E-state index is 13.1. The van der Waals surface area contributed by atoms with Crippen molar-refractivity contribution >= 4 is 5.91 Å². The fourth-order valence-electron chi connectivity index (χ4n) is 4.27. The molecule has 33 heavy (non-hydrogen) atoms. The molecule has 4 rings (SSSR count). The summed E-state index contributed by atoms with van der Waals surface area (Å²) in [6.45, 7) is 2.72. The monoisotopic (exact) mass is 451 g/mol. The summed E-state index contributed by atoms with van der Waals surface area (Å²) in [5, 5.41) is 27.2. The molecule has 0 spiro atoms. The van der Waals surface area contributed by atoms with Crippen molar-refractivity contribution in [3.8, 4) is 28.5 Å². The lowest BCUT2D eigenvalue weighted by Gasteiger charge is -2.26. The average Bonchev–Trinajstić information content (AvgIpc) is 3.37. The third-order valence-corrected chi connectivity index (χ3v) is 5.87. The van der Waals surface area contributed by atoms with E-state index < -0.39 is 6.04 Å². The molecule has 0 bridgehead atoms. The topological polar surface area (TPSA) is 108 Å². The molecule has 0 saturated carbocycles. The minimum atomic E-state index is -0.504. The van der Waals surface area contributed by atoms with Gasteiger partial charge < -0.3 is 24.6 Å². The molecular formula is C25H29N3O5. The van der Waals surface area contributed by atoms with Gasteiger partial charge >= 0.3 is 0 Å². The number of H-pyrrole nitrogens is 1. The number of unbranched alkanes of at least 4 members (excludes halogenated alkanes) is 2. The number of aliphatic hydroxyl groups excluding tert-OH is 1. The number of fused-ring (bicyclic) bond motifs is 1. The molecule has 174 valence electrons. The number of para-hydroxylation sites is 1. The molecule has 1 aliphatic rings. The predicted octanol–water partition coefficient (Wildman–Crippen LogP) is 3.90. The average molecular weight is 452 g/mol. The number of nitrogens with zero attached hydrogens (tertiary/aromatic N) is 2. The van der Waals surface area contributed by atoms with Crippen molar-refractivity contribution in [3.05, 3.63) is 59.3 Å². The summed E-state index contributed by atoms with van der Waals surface area (Å²) in [5.41, 5.74) is 2.84. The number of hydrogen-bond donors (Lipinski definition) is 3. The Balaban J connectivity index is 1.76. The number of nitrogens with one attached hydrogen (secondary N) is 1. The highest BCUT2D eigenvalue weighted by Gasteiger charge is 2.42. The normalized spacial score (nSPS) is 15.1. The second-order valence-corrected chi connectivity index (χ2v) is 7.97. The van der Waals surface area contributed by atoms with Crippen LogP contribution in [0, 0.1) is 0 Å². The van der Waals surface area contributed by atoms with E-state index in [2.05, 4.69) is 17.1 Å². The Morgan fingerprint density at radius 1 is 1.15 bits per heavy atom. The Morgan fingerprint density at radius 2 is 1.97 bits per heavy atom. The molecule has 0 aliphatic carbocycles. The molecule has 1 atom stereocenters. The molecule has 3 N–H and O–H groups in total. The van der Waals surface area contributed by atoms with Crippen LogP contribution in [0.25, 0.3) is 11.3 Å².